The Morgan fingerprint density at radius 2 is 1.83 bits per heavy atom. The van der Waals surface area contributed by atoms with Crippen molar-refractivity contribution in [3.63, 3.8) is 0 Å². The molecule has 5 heteroatoms. The lowest BCUT2D eigenvalue weighted by molar-refractivity contribution is 0.606. The van der Waals surface area contributed by atoms with Gasteiger partial charge in [-0.2, -0.15) is 0 Å². The zero-order chi connectivity index (χ0) is 22.4. The highest BCUT2D eigenvalue weighted by Crippen LogP contribution is 2.32. The molecule has 0 saturated heterocycles. The number of nitrogens with two attached hydrogens (primary N) is 1. The van der Waals surface area contributed by atoms with Crippen LogP contribution in [0.1, 0.15) is 58.1 Å². The van der Waals surface area contributed by atoms with Crippen LogP contribution < -0.4 is 11.1 Å². The van der Waals surface area contributed by atoms with Gasteiger partial charge in [0.25, 0.3) is 0 Å². The van der Waals surface area contributed by atoms with Gasteiger partial charge in [-0.25, -0.2) is 4.98 Å². The third-order valence-electron chi connectivity index (χ3n) is 4.30. The molecular formula is C25H36ClN3S. The Bertz CT molecular complexity index is 875. The van der Waals surface area contributed by atoms with Crippen molar-refractivity contribution in [2.75, 3.05) is 5.32 Å². The van der Waals surface area contributed by atoms with Gasteiger partial charge in [-0.05, 0) is 42.7 Å². The Labute approximate surface area is 191 Å². The number of aromatic nitrogens is 1. The third-order valence-corrected chi connectivity index (χ3v) is 5.62. The molecule has 1 unspecified atom stereocenters. The summed E-state index contributed by atoms with van der Waals surface area (Å²) in [5.41, 5.74) is 10.0. The molecule has 2 heterocycles. The van der Waals surface area contributed by atoms with E-state index in [4.69, 9.17) is 17.3 Å². The minimum absolute atomic E-state index is 0.449. The molecule has 0 radical (unpaired) electrons. The van der Waals surface area contributed by atoms with Crippen molar-refractivity contribution >= 4 is 38.8 Å². The van der Waals surface area contributed by atoms with Crippen LogP contribution in [0.2, 0.25) is 5.15 Å². The van der Waals surface area contributed by atoms with Crippen LogP contribution in [0.25, 0.3) is 10.2 Å². The summed E-state index contributed by atoms with van der Waals surface area (Å²) in [6.45, 7) is 10.8. The first-order chi connectivity index (χ1) is 14.6. The quantitative estimate of drug-likeness (QED) is 0.317. The van der Waals surface area contributed by atoms with Crippen LogP contribution in [-0.2, 0) is 6.54 Å². The average molecular weight is 446 g/mol. The molecule has 2 aromatic heterocycles. The molecule has 1 aromatic carbocycles. The van der Waals surface area contributed by atoms with E-state index in [2.05, 4.69) is 46.9 Å². The van der Waals surface area contributed by atoms with Gasteiger partial charge in [-0.3, -0.25) is 0 Å². The lowest BCUT2D eigenvalue weighted by Gasteiger charge is -2.09. The maximum atomic E-state index is 6.09. The highest BCUT2D eigenvalue weighted by atomic mass is 35.5. The fourth-order valence-corrected chi connectivity index (χ4v) is 4.01. The topological polar surface area (TPSA) is 50.9 Å². The molecule has 0 bridgehead atoms. The van der Waals surface area contributed by atoms with Crippen molar-refractivity contribution in [1.29, 1.82) is 0 Å². The van der Waals surface area contributed by atoms with Crippen molar-refractivity contribution in [2.45, 2.75) is 66.5 Å². The summed E-state index contributed by atoms with van der Waals surface area (Å²) in [6, 6.07) is 12.7. The standard InChI is InChI=1S/C15H13ClN2S.C6H11N.2C2H6/c1-10-9-19-15-12(7-13(16)18-14(10)15)17-8-11-5-3-2-4-6-11;7-6-4-2-1-3-5-6;2*1-2/h2-7,9H,8H2,1H3,(H,17,18);1-2,6H,3-5,7H2;2*1-2H3. The fourth-order valence-electron chi connectivity index (χ4n) is 2.83. The summed E-state index contributed by atoms with van der Waals surface area (Å²) >= 11 is 7.79. The number of thiophene rings is 1. The summed E-state index contributed by atoms with van der Waals surface area (Å²) in [5.74, 6) is 0. The van der Waals surface area contributed by atoms with Gasteiger partial charge in [0.05, 0.1) is 15.9 Å². The Kier molecular flexibility index (Phi) is 13.1. The number of allylic oxidation sites excluding steroid dienone is 1. The zero-order valence-electron chi connectivity index (χ0n) is 18.9. The molecule has 0 amide bonds. The first-order valence-corrected chi connectivity index (χ1v) is 12.1. The SMILES string of the molecule is CC.CC.Cc1csc2c(NCc3ccccc3)cc(Cl)nc12.NC1CC=CCC1. The first-order valence-electron chi connectivity index (χ1n) is 10.9. The van der Waals surface area contributed by atoms with Crippen LogP contribution >= 0.6 is 22.9 Å². The minimum Gasteiger partial charge on any atom is -0.380 e. The van der Waals surface area contributed by atoms with Crippen molar-refractivity contribution < 1.29 is 0 Å². The second kappa shape index (κ2) is 15.0. The van der Waals surface area contributed by atoms with Gasteiger partial charge in [0.2, 0.25) is 0 Å². The molecule has 1 aliphatic rings. The Morgan fingerprint density at radius 3 is 2.40 bits per heavy atom. The second-order valence-corrected chi connectivity index (χ2v) is 7.74. The van der Waals surface area contributed by atoms with E-state index >= 15 is 0 Å². The normalized spacial score (nSPS) is 14.4. The van der Waals surface area contributed by atoms with Crippen LogP contribution in [0, 0.1) is 6.92 Å². The molecule has 3 aromatic rings. The predicted molar refractivity (Wildman–Crippen MR) is 137 cm³/mol. The lowest BCUT2D eigenvalue weighted by Crippen LogP contribution is -2.19. The number of hydrogen-bond acceptors (Lipinski definition) is 4. The van der Waals surface area contributed by atoms with Crippen molar-refractivity contribution in [1.82, 2.24) is 4.98 Å². The van der Waals surface area contributed by atoms with E-state index in [1.807, 2.05) is 52.0 Å². The van der Waals surface area contributed by atoms with Gasteiger partial charge < -0.3 is 11.1 Å². The maximum absolute atomic E-state index is 6.09. The maximum Gasteiger partial charge on any atom is 0.131 e. The van der Waals surface area contributed by atoms with E-state index in [9.17, 15) is 0 Å². The highest BCUT2D eigenvalue weighted by Gasteiger charge is 2.09. The van der Waals surface area contributed by atoms with Gasteiger partial charge >= 0.3 is 0 Å². The predicted octanol–water partition coefficient (Wildman–Crippen LogP) is 7.98. The molecule has 0 aliphatic heterocycles. The van der Waals surface area contributed by atoms with Gasteiger partial charge in [0, 0.05) is 18.7 Å². The smallest absolute Gasteiger partial charge is 0.131 e. The first kappa shape index (κ1) is 26.2. The summed E-state index contributed by atoms with van der Waals surface area (Å²) in [6.07, 6.45) is 7.80. The number of aryl methyl sites for hydroxylation is 1. The Balaban J connectivity index is 0.000000343. The van der Waals surface area contributed by atoms with Crippen LogP contribution in [0.3, 0.4) is 0 Å². The monoisotopic (exact) mass is 445 g/mol. The lowest BCUT2D eigenvalue weighted by atomic mass is 10.0. The summed E-state index contributed by atoms with van der Waals surface area (Å²) < 4.78 is 1.16. The summed E-state index contributed by atoms with van der Waals surface area (Å²) in [4.78, 5) is 4.39. The number of hydrogen-bond donors (Lipinski definition) is 2. The molecule has 30 heavy (non-hydrogen) atoms. The van der Waals surface area contributed by atoms with E-state index in [0.717, 1.165) is 28.9 Å². The van der Waals surface area contributed by atoms with E-state index in [0.29, 0.717) is 11.2 Å². The molecule has 4 rings (SSSR count). The van der Waals surface area contributed by atoms with Crippen LogP contribution in [0.15, 0.2) is 53.9 Å². The number of fused-ring (bicyclic) bond motifs is 1. The largest absolute Gasteiger partial charge is 0.380 e. The summed E-state index contributed by atoms with van der Waals surface area (Å²) in [7, 11) is 0. The van der Waals surface area contributed by atoms with E-state index in [-0.39, 0.29) is 0 Å². The number of benzene rings is 1. The molecule has 3 nitrogen and oxygen atoms in total. The molecule has 0 fully saturated rings. The number of anilines is 1. The third kappa shape index (κ3) is 8.47. The van der Waals surface area contributed by atoms with Gasteiger partial charge in [0.1, 0.15) is 5.15 Å². The van der Waals surface area contributed by atoms with Gasteiger partial charge in [-0.1, -0.05) is 81.8 Å². The minimum atomic E-state index is 0.449. The van der Waals surface area contributed by atoms with Crippen molar-refractivity contribution in [3.8, 4) is 0 Å². The number of pyridine rings is 1. The number of halogens is 1. The Morgan fingerprint density at radius 1 is 1.13 bits per heavy atom. The number of nitrogens with zero attached hydrogens (tertiary/aromatic N) is 1. The molecule has 0 spiro atoms. The molecule has 164 valence electrons. The van der Waals surface area contributed by atoms with Gasteiger partial charge in [-0.15, -0.1) is 11.3 Å². The van der Waals surface area contributed by atoms with E-state index in [1.54, 1.807) is 11.3 Å². The fraction of sp³-hybridized carbons (Fsp3) is 0.400. The van der Waals surface area contributed by atoms with Crippen molar-refractivity contribution in [3.05, 3.63) is 70.2 Å². The zero-order valence-corrected chi connectivity index (χ0v) is 20.5. The molecular weight excluding hydrogens is 410 g/mol. The highest BCUT2D eigenvalue weighted by molar-refractivity contribution is 7.18. The second-order valence-electron chi connectivity index (χ2n) is 6.47. The summed E-state index contributed by atoms with van der Waals surface area (Å²) in [5, 5.41) is 6.09. The molecule has 1 aliphatic carbocycles. The van der Waals surface area contributed by atoms with E-state index in [1.165, 1.54) is 24.0 Å². The van der Waals surface area contributed by atoms with E-state index < -0.39 is 0 Å². The number of nitrogens with one attached hydrogen (secondary N) is 1. The molecule has 3 N–H and O–H groups in total. The van der Waals surface area contributed by atoms with Crippen LogP contribution in [-0.4, -0.2) is 11.0 Å². The number of rotatable bonds is 3. The molecule has 1 atom stereocenters. The van der Waals surface area contributed by atoms with Crippen LogP contribution in [0.5, 0.6) is 0 Å². The Hall–Kier alpha value is -1.88. The molecule has 0 saturated carbocycles. The average Bonchev–Trinajstić information content (AvgIpc) is 3.17. The van der Waals surface area contributed by atoms with Crippen molar-refractivity contribution in [2.24, 2.45) is 5.73 Å². The van der Waals surface area contributed by atoms with Crippen LogP contribution in [0.4, 0.5) is 5.69 Å². The van der Waals surface area contributed by atoms with Gasteiger partial charge in [0.15, 0.2) is 0 Å².